The van der Waals surface area contributed by atoms with Crippen molar-refractivity contribution in [1.29, 1.82) is 0 Å². The fraction of sp³-hybridized carbons (Fsp3) is 0.952. The summed E-state index contributed by atoms with van der Waals surface area (Å²) < 4.78 is 5.79. The van der Waals surface area contributed by atoms with Gasteiger partial charge in [-0.3, -0.25) is 4.79 Å². The van der Waals surface area contributed by atoms with Crippen LogP contribution < -0.4 is 5.32 Å². The zero-order valence-electron chi connectivity index (χ0n) is 16.3. The average molecular weight is 340 g/mol. The average Bonchev–Trinajstić information content (AvgIpc) is 3.33. The van der Waals surface area contributed by atoms with E-state index in [4.69, 9.17) is 4.74 Å². The summed E-state index contributed by atoms with van der Waals surface area (Å²) in [7, 11) is 0. The van der Waals surface area contributed by atoms with E-state index in [0.717, 1.165) is 19.4 Å². The highest BCUT2D eigenvalue weighted by atomic mass is 16.6. The van der Waals surface area contributed by atoms with Crippen LogP contribution in [-0.4, -0.2) is 24.7 Å². The third kappa shape index (κ3) is 11.9. The van der Waals surface area contributed by atoms with Crippen LogP contribution in [0.15, 0.2) is 0 Å². The maximum absolute atomic E-state index is 11.5. The molecule has 3 heteroatoms. The summed E-state index contributed by atoms with van der Waals surface area (Å²) in [5.74, 6) is 0.223. The van der Waals surface area contributed by atoms with Gasteiger partial charge in [-0.25, -0.2) is 0 Å². The summed E-state index contributed by atoms with van der Waals surface area (Å²) in [6.07, 6.45) is 19.8. The van der Waals surface area contributed by atoms with Gasteiger partial charge in [-0.05, 0) is 25.7 Å². The molecule has 0 radical (unpaired) electrons. The Kier molecular flexibility index (Phi) is 13.2. The number of carbonyl (C=O) groups excluding carboxylic acids is 1. The molecule has 3 nitrogen and oxygen atoms in total. The van der Waals surface area contributed by atoms with E-state index < -0.39 is 0 Å². The Morgan fingerprint density at radius 1 is 0.750 bits per heavy atom. The number of nitrogens with one attached hydrogen (secondary N) is 1. The number of hydrogen-bond acceptors (Lipinski definition) is 2. The van der Waals surface area contributed by atoms with E-state index in [1.54, 1.807) is 0 Å². The lowest BCUT2D eigenvalue weighted by Crippen LogP contribution is -2.23. The van der Waals surface area contributed by atoms with Gasteiger partial charge in [0.2, 0.25) is 5.91 Å². The Morgan fingerprint density at radius 2 is 1.29 bits per heavy atom. The molecule has 0 aromatic rings. The van der Waals surface area contributed by atoms with Crippen molar-refractivity contribution in [3.8, 4) is 0 Å². The molecule has 1 aliphatic rings. The fourth-order valence-electron chi connectivity index (χ4n) is 3.33. The van der Waals surface area contributed by atoms with Gasteiger partial charge in [0.15, 0.2) is 0 Å². The molecule has 1 rings (SSSR count). The molecule has 1 N–H and O–H groups in total. The van der Waals surface area contributed by atoms with Gasteiger partial charge in [0.05, 0.1) is 12.2 Å². The second-order valence-corrected chi connectivity index (χ2v) is 7.43. The molecule has 0 saturated carbocycles. The summed E-state index contributed by atoms with van der Waals surface area (Å²) in [5.41, 5.74) is 0. The van der Waals surface area contributed by atoms with Crippen LogP contribution in [0.1, 0.15) is 110 Å². The maximum atomic E-state index is 11.5. The second-order valence-electron chi connectivity index (χ2n) is 7.43. The van der Waals surface area contributed by atoms with Crippen LogP contribution in [0.5, 0.6) is 0 Å². The molecule has 0 unspecified atom stereocenters. The first-order chi connectivity index (χ1) is 11.8. The van der Waals surface area contributed by atoms with E-state index in [1.165, 1.54) is 77.0 Å². The Morgan fingerprint density at radius 3 is 1.88 bits per heavy atom. The summed E-state index contributed by atoms with van der Waals surface area (Å²) in [4.78, 5) is 11.5. The zero-order chi connectivity index (χ0) is 17.5. The molecule has 2 atom stereocenters. The highest BCUT2D eigenvalue weighted by Gasteiger charge is 2.36. The minimum atomic E-state index is 0.223. The number of epoxide rings is 1. The fourth-order valence-corrected chi connectivity index (χ4v) is 3.33. The van der Waals surface area contributed by atoms with Crippen LogP contribution in [0, 0.1) is 0 Å². The van der Waals surface area contributed by atoms with E-state index in [0.29, 0.717) is 18.6 Å². The molecule has 0 aromatic heterocycles. The van der Waals surface area contributed by atoms with E-state index in [2.05, 4.69) is 19.2 Å². The molecule has 0 spiro atoms. The first kappa shape index (κ1) is 21.5. The number of carbonyl (C=O) groups is 1. The van der Waals surface area contributed by atoms with Gasteiger partial charge in [0.25, 0.3) is 0 Å². The molecule has 0 aliphatic carbocycles. The molecule has 1 aliphatic heterocycles. The van der Waals surface area contributed by atoms with Crippen molar-refractivity contribution in [2.75, 3.05) is 6.54 Å². The largest absolute Gasteiger partial charge is 0.370 e. The first-order valence-corrected chi connectivity index (χ1v) is 10.7. The summed E-state index contributed by atoms with van der Waals surface area (Å²) in [5, 5.41) is 2.94. The first-order valence-electron chi connectivity index (χ1n) is 10.7. The van der Waals surface area contributed by atoms with Gasteiger partial charge in [-0.15, -0.1) is 0 Å². The predicted molar refractivity (Wildman–Crippen MR) is 102 cm³/mol. The Labute approximate surface area is 150 Å². The van der Waals surface area contributed by atoms with Crippen LogP contribution in [0.25, 0.3) is 0 Å². The standard InChI is InChI=1S/C21H41NO2/c1-3-5-6-7-9-12-15-19-20(24-19)16-13-10-8-11-14-17-21(23)22-18-4-2/h19-20H,3-18H2,1-2H3,(H,22,23)/t19-,20+/m0/s1. The van der Waals surface area contributed by atoms with Crippen molar-refractivity contribution in [3.05, 3.63) is 0 Å². The van der Waals surface area contributed by atoms with Gasteiger partial charge in [-0.2, -0.15) is 0 Å². The van der Waals surface area contributed by atoms with E-state index in [1.807, 2.05) is 0 Å². The molecular formula is C21H41NO2. The van der Waals surface area contributed by atoms with Crippen molar-refractivity contribution >= 4 is 5.91 Å². The van der Waals surface area contributed by atoms with Gasteiger partial charge in [0.1, 0.15) is 0 Å². The molecule has 1 amide bonds. The van der Waals surface area contributed by atoms with E-state index >= 15 is 0 Å². The summed E-state index contributed by atoms with van der Waals surface area (Å²) in [6, 6.07) is 0. The molecule has 0 bridgehead atoms. The smallest absolute Gasteiger partial charge is 0.219 e. The van der Waals surface area contributed by atoms with Gasteiger partial charge >= 0.3 is 0 Å². The zero-order valence-corrected chi connectivity index (χ0v) is 16.3. The third-order valence-electron chi connectivity index (χ3n) is 4.99. The second kappa shape index (κ2) is 14.7. The van der Waals surface area contributed by atoms with E-state index in [-0.39, 0.29) is 5.91 Å². The van der Waals surface area contributed by atoms with Crippen molar-refractivity contribution < 1.29 is 9.53 Å². The van der Waals surface area contributed by atoms with Crippen LogP contribution in [0.2, 0.25) is 0 Å². The van der Waals surface area contributed by atoms with Crippen LogP contribution in [0.3, 0.4) is 0 Å². The Hall–Kier alpha value is -0.570. The molecule has 142 valence electrons. The Bertz CT molecular complexity index is 306. The summed E-state index contributed by atoms with van der Waals surface area (Å²) >= 11 is 0. The highest BCUT2D eigenvalue weighted by Crippen LogP contribution is 2.31. The van der Waals surface area contributed by atoms with E-state index in [9.17, 15) is 4.79 Å². The number of rotatable bonds is 17. The number of unbranched alkanes of at least 4 members (excludes halogenated alkanes) is 9. The number of ether oxygens (including phenoxy) is 1. The summed E-state index contributed by atoms with van der Waals surface area (Å²) in [6.45, 7) is 5.18. The lowest BCUT2D eigenvalue weighted by molar-refractivity contribution is -0.121. The Balaban J connectivity index is 1.77. The SMILES string of the molecule is CCCCCCCC[C@@H]1O[C@@H]1CCCCCCCC(=O)NCCC. The minimum absolute atomic E-state index is 0.223. The topological polar surface area (TPSA) is 41.6 Å². The maximum Gasteiger partial charge on any atom is 0.219 e. The monoisotopic (exact) mass is 339 g/mol. The quantitative estimate of drug-likeness (QED) is 0.270. The van der Waals surface area contributed by atoms with Crippen LogP contribution in [0.4, 0.5) is 0 Å². The lowest BCUT2D eigenvalue weighted by atomic mass is 10.0. The van der Waals surface area contributed by atoms with Crippen LogP contribution in [-0.2, 0) is 9.53 Å². The molecule has 24 heavy (non-hydrogen) atoms. The molecule has 1 heterocycles. The normalized spacial score (nSPS) is 19.4. The molecule has 0 aromatic carbocycles. The third-order valence-corrected chi connectivity index (χ3v) is 4.99. The number of amides is 1. The molecule has 1 fully saturated rings. The van der Waals surface area contributed by atoms with Gasteiger partial charge < -0.3 is 10.1 Å². The predicted octanol–water partition coefficient (Wildman–Crippen LogP) is 5.76. The van der Waals surface area contributed by atoms with Crippen LogP contribution >= 0.6 is 0 Å². The molecular weight excluding hydrogens is 298 g/mol. The van der Waals surface area contributed by atoms with Gasteiger partial charge in [-0.1, -0.05) is 78.1 Å². The van der Waals surface area contributed by atoms with Crippen molar-refractivity contribution in [2.24, 2.45) is 0 Å². The lowest BCUT2D eigenvalue weighted by Gasteiger charge is -2.03. The highest BCUT2D eigenvalue weighted by molar-refractivity contribution is 5.75. The minimum Gasteiger partial charge on any atom is -0.370 e. The van der Waals surface area contributed by atoms with Crippen molar-refractivity contribution in [2.45, 2.75) is 122 Å². The number of hydrogen-bond donors (Lipinski definition) is 1. The van der Waals surface area contributed by atoms with Crippen molar-refractivity contribution in [1.82, 2.24) is 5.32 Å². The van der Waals surface area contributed by atoms with Gasteiger partial charge in [0, 0.05) is 13.0 Å². The van der Waals surface area contributed by atoms with Crippen molar-refractivity contribution in [3.63, 3.8) is 0 Å². The molecule has 1 saturated heterocycles.